The second-order valence-corrected chi connectivity index (χ2v) is 4.83. The first kappa shape index (κ1) is 13.0. The van der Waals surface area contributed by atoms with Crippen LogP contribution in [-0.2, 0) is 0 Å². The van der Waals surface area contributed by atoms with Crippen molar-refractivity contribution in [2.24, 2.45) is 0 Å². The number of nitrogens with one attached hydrogen (secondary N) is 1. The molecule has 1 saturated heterocycles. The summed E-state index contributed by atoms with van der Waals surface area (Å²) in [5.74, 6) is 0. The summed E-state index contributed by atoms with van der Waals surface area (Å²) in [4.78, 5) is 2.71. The van der Waals surface area contributed by atoms with Gasteiger partial charge in [-0.15, -0.1) is 0 Å². The number of nitrogens with zero attached hydrogens (tertiary/aromatic N) is 1. The van der Waals surface area contributed by atoms with Crippen LogP contribution in [0.4, 0.5) is 0 Å². The Bertz CT molecular complexity index is 159. The van der Waals surface area contributed by atoms with E-state index in [1.165, 1.54) is 51.6 Å². The number of piperidine rings is 1. The van der Waals surface area contributed by atoms with E-state index < -0.39 is 0 Å². The van der Waals surface area contributed by atoms with Crippen LogP contribution in [0.1, 0.15) is 52.4 Å². The van der Waals surface area contributed by atoms with Gasteiger partial charge in [0.2, 0.25) is 0 Å². The van der Waals surface area contributed by atoms with Gasteiger partial charge < -0.3 is 5.32 Å². The maximum Gasteiger partial charge on any atom is 0.0192 e. The molecule has 90 valence electrons. The van der Waals surface area contributed by atoms with Gasteiger partial charge in [0.1, 0.15) is 0 Å². The maximum absolute atomic E-state index is 3.43. The van der Waals surface area contributed by atoms with Gasteiger partial charge in [0.05, 0.1) is 0 Å². The van der Waals surface area contributed by atoms with Crippen LogP contribution >= 0.6 is 0 Å². The zero-order valence-corrected chi connectivity index (χ0v) is 10.8. The van der Waals surface area contributed by atoms with Crippen molar-refractivity contribution in [2.75, 3.05) is 20.1 Å². The van der Waals surface area contributed by atoms with Gasteiger partial charge in [-0.1, -0.05) is 26.7 Å². The second kappa shape index (κ2) is 7.24. The average molecular weight is 212 g/mol. The van der Waals surface area contributed by atoms with E-state index in [2.05, 4.69) is 31.1 Å². The molecular weight excluding hydrogens is 184 g/mol. The molecule has 0 aromatic carbocycles. The Morgan fingerprint density at radius 2 is 2.20 bits per heavy atom. The molecule has 2 atom stereocenters. The van der Waals surface area contributed by atoms with Crippen LogP contribution in [0.5, 0.6) is 0 Å². The maximum atomic E-state index is 3.43. The summed E-state index contributed by atoms with van der Waals surface area (Å²) in [7, 11) is 2.10. The highest BCUT2D eigenvalue weighted by Gasteiger charge is 2.23. The number of rotatable bonds is 6. The van der Waals surface area contributed by atoms with Crippen LogP contribution in [0.25, 0.3) is 0 Å². The van der Waals surface area contributed by atoms with E-state index in [9.17, 15) is 0 Å². The van der Waals surface area contributed by atoms with Crippen LogP contribution in [0.3, 0.4) is 0 Å². The third kappa shape index (κ3) is 4.12. The predicted molar refractivity (Wildman–Crippen MR) is 67.3 cm³/mol. The van der Waals surface area contributed by atoms with E-state index in [4.69, 9.17) is 0 Å². The molecule has 0 saturated carbocycles. The minimum atomic E-state index is 0.731. The molecule has 0 bridgehead atoms. The molecule has 0 aromatic rings. The van der Waals surface area contributed by atoms with Crippen LogP contribution in [-0.4, -0.2) is 37.1 Å². The summed E-state index contributed by atoms with van der Waals surface area (Å²) in [6.45, 7) is 7.21. The Labute approximate surface area is 95.4 Å². The number of hydrogen-bond donors (Lipinski definition) is 1. The van der Waals surface area contributed by atoms with Crippen molar-refractivity contribution in [1.82, 2.24) is 10.2 Å². The Morgan fingerprint density at radius 3 is 2.80 bits per heavy atom. The lowest BCUT2D eigenvalue weighted by molar-refractivity contribution is 0.128. The van der Waals surface area contributed by atoms with E-state index >= 15 is 0 Å². The predicted octanol–water partition coefficient (Wildman–Crippen LogP) is 2.64. The van der Waals surface area contributed by atoms with Crippen molar-refractivity contribution in [3.8, 4) is 0 Å². The smallest absolute Gasteiger partial charge is 0.0192 e. The summed E-state index contributed by atoms with van der Waals surface area (Å²) >= 11 is 0. The summed E-state index contributed by atoms with van der Waals surface area (Å²) in [5, 5.41) is 3.43. The zero-order chi connectivity index (χ0) is 11.1. The lowest BCUT2D eigenvalue weighted by Crippen LogP contribution is -2.48. The lowest BCUT2D eigenvalue weighted by atomic mass is 9.99. The largest absolute Gasteiger partial charge is 0.316 e. The molecule has 2 unspecified atom stereocenters. The third-order valence-electron chi connectivity index (χ3n) is 3.74. The van der Waals surface area contributed by atoms with Gasteiger partial charge in [0, 0.05) is 18.6 Å². The normalized spacial score (nSPS) is 25.4. The fourth-order valence-electron chi connectivity index (χ4n) is 2.66. The van der Waals surface area contributed by atoms with Gasteiger partial charge in [-0.2, -0.15) is 0 Å². The van der Waals surface area contributed by atoms with Crippen molar-refractivity contribution in [3.63, 3.8) is 0 Å². The monoisotopic (exact) mass is 212 g/mol. The van der Waals surface area contributed by atoms with E-state index in [-0.39, 0.29) is 0 Å². The first-order valence-corrected chi connectivity index (χ1v) is 6.73. The SMILES string of the molecule is CCCCC(CC)N1CCCC(NC)C1. The topological polar surface area (TPSA) is 15.3 Å². The molecule has 2 heteroatoms. The van der Waals surface area contributed by atoms with Crippen LogP contribution < -0.4 is 5.32 Å². The minimum absolute atomic E-state index is 0.731. The zero-order valence-electron chi connectivity index (χ0n) is 10.8. The van der Waals surface area contributed by atoms with Crippen LogP contribution in [0.15, 0.2) is 0 Å². The molecule has 0 radical (unpaired) electrons. The summed E-state index contributed by atoms with van der Waals surface area (Å²) in [6.07, 6.45) is 8.16. The van der Waals surface area contributed by atoms with Gasteiger partial charge in [0.15, 0.2) is 0 Å². The fraction of sp³-hybridized carbons (Fsp3) is 1.00. The summed E-state index contributed by atoms with van der Waals surface area (Å²) in [5.41, 5.74) is 0. The molecule has 1 heterocycles. The summed E-state index contributed by atoms with van der Waals surface area (Å²) in [6, 6.07) is 1.57. The molecule has 1 aliphatic rings. The first-order valence-electron chi connectivity index (χ1n) is 6.73. The van der Waals surface area contributed by atoms with Crippen molar-refractivity contribution in [1.29, 1.82) is 0 Å². The van der Waals surface area contributed by atoms with Gasteiger partial charge in [0.25, 0.3) is 0 Å². The van der Waals surface area contributed by atoms with Crippen molar-refractivity contribution in [3.05, 3.63) is 0 Å². The van der Waals surface area contributed by atoms with E-state index in [0.29, 0.717) is 0 Å². The fourth-order valence-corrected chi connectivity index (χ4v) is 2.66. The van der Waals surface area contributed by atoms with E-state index in [0.717, 1.165) is 12.1 Å². The van der Waals surface area contributed by atoms with E-state index in [1.807, 2.05) is 0 Å². The number of likely N-dealkylation sites (N-methyl/N-ethyl adjacent to an activating group) is 1. The van der Waals surface area contributed by atoms with Gasteiger partial charge >= 0.3 is 0 Å². The molecule has 2 nitrogen and oxygen atoms in total. The van der Waals surface area contributed by atoms with Crippen molar-refractivity contribution >= 4 is 0 Å². The molecule has 1 rings (SSSR count). The second-order valence-electron chi connectivity index (χ2n) is 4.83. The molecular formula is C13H28N2. The number of likely N-dealkylation sites (tertiary alicyclic amines) is 1. The molecule has 0 spiro atoms. The quantitative estimate of drug-likeness (QED) is 0.728. The molecule has 0 aliphatic carbocycles. The van der Waals surface area contributed by atoms with Crippen molar-refractivity contribution < 1.29 is 0 Å². The van der Waals surface area contributed by atoms with Crippen LogP contribution in [0.2, 0.25) is 0 Å². The molecule has 0 aromatic heterocycles. The lowest BCUT2D eigenvalue weighted by Gasteiger charge is -2.38. The number of hydrogen-bond acceptors (Lipinski definition) is 2. The highest BCUT2D eigenvalue weighted by atomic mass is 15.2. The standard InChI is InChI=1S/C13H28N2/c1-4-6-9-13(5-2)15-10-7-8-12(11-15)14-3/h12-14H,4-11H2,1-3H3. The van der Waals surface area contributed by atoms with Gasteiger partial charge in [-0.05, 0) is 39.3 Å². The number of unbranched alkanes of at least 4 members (excludes halogenated alkanes) is 1. The Morgan fingerprint density at radius 1 is 1.40 bits per heavy atom. The Balaban J connectivity index is 2.37. The first-order chi connectivity index (χ1) is 7.31. The summed E-state index contributed by atoms with van der Waals surface area (Å²) < 4.78 is 0. The van der Waals surface area contributed by atoms with Crippen LogP contribution in [0, 0.1) is 0 Å². The van der Waals surface area contributed by atoms with Gasteiger partial charge in [-0.25, -0.2) is 0 Å². The van der Waals surface area contributed by atoms with Crippen molar-refractivity contribution in [2.45, 2.75) is 64.5 Å². The van der Waals surface area contributed by atoms with E-state index in [1.54, 1.807) is 0 Å². The molecule has 1 aliphatic heterocycles. The van der Waals surface area contributed by atoms with Gasteiger partial charge in [-0.3, -0.25) is 4.90 Å². The highest BCUT2D eigenvalue weighted by Crippen LogP contribution is 2.18. The third-order valence-corrected chi connectivity index (χ3v) is 3.74. The average Bonchev–Trinajstić information content (AvgIpc) is 2.30. The minimum Gasteiger partial charge on any atom is -0.316 e. The highest BCUT2D eigenvalue weighted by molar-refractivity contribution is 4.81. The Hall–Kier alpha value is -0.0800. The molecule has 0 amide bonds. The molecule has 1 N–H and O–H groups in total. The Kier molecular flexibility index (Phi) is 6.26. The molecule has 15 heavy (non-hydrogen) atoms. The molecule has 1 fully saturated rings.